The summed E-state index contributed by atoms with van der Waals surface area (Å²) >= 11 is 0. The van der Waals surface area contributed by atoms with E-state index in [0.29, 0.717) is 6.54 Å². The number of aliphatic hydroxyl groups excluding tert-OH is 2. The number of aliphatic hydroxyl groups is 2. The molecule has 0 aromatic heterocycles. The molecule has 15 heavy (non-hydrogen) atoms. The first kappa shape index (κ1) is 14.6. The van der Waals surface area contributed by atoms with Gasteiger partial charge in [0.25, 0.3) is 0 Å². The Morgan fingerprint density at radius 2 is 2.00 bits per heavy atom. The van der Waals surface area contributed by atoms with Gasteiger partial charge in [0, 0.05) is 25.5 Å². The Morgan fingerprint density at radius 3 is 2.60 bits per heavy atom. The van der Waals surface area contributed by atoms with Crippen LogP contribution in [0.1, 0.15) is 19.8 Å². The minimum Gasteiger partial charge on any atom is -0.394 e. The number of nitrogens with zero attached hydrogens (tertiary/aromatic N) is 2. The van der Waals surface area contributed by atoms with E-state index in [0.717, 1.165) is 13.2 Å². The summed E-state index contributed by atoms with van der Waals surface area (Å²) in [5.41, 5.74) is 0. The molecule has 0 fully saturated rings. The lowest BCUT2D eigenvalue weighted by atomic mass is 10.3. The van der Waals surface area contributed by atoms with Crippen LogP contribution in [0, 0.1) is 0 Å². The van der Waals surface area contributed by atoms with Crippen LogP contribution in [0.2, 0.25) is 0 Å². The van der Waals surface area contributed by atoms with E-state index < -0.39 is 6.10 Å². The number of unbranched alkanes of at least 4 members (excludes halogenated alkanes) is 1. The summed E-state index contributed by atoms with van der Waals surface area (Å²) in [7, 11) is 0. The van der Waals surface area contributed by atoms with Gasteiger partial charge in [-0.05, 0) is 6.42 Å². The summed E-state index contributed by atoms with van der Waals surface area (Å²) < 4.78 is 0. The molecule has 1 atom stereocenters. The maximum absolute atomic E-state index is 9.24. The molecule has 1 heterocycles. The van der Waals surface area contributed by atoms with Crippen LogP contribution in [0.3, 0.4) is 0 Å². The van der Waals surface area contributed by atoms with Gasteiger partial charge in [-0.3, -0.25) is 0 Å². The van der Waals surface area contributed by atoms with Gasteiger partial charge in [-0.1, -0.05) is 13.3 Å². The minimum atomic E-state index is -0.634. The number of hydrogen-bond donors (Lipinski definition) is 2. The van der Waals surface area contributed by atoms with Crippen molar-refractivity contribution in [2.24, 2.45) is 0 Å². The van der Waals surface area contributed by atoms with E-state index in [2.05, 4.69) is 11.8 Å². The number of halogens is 1. The molecule has 2 N–H and O–H groups in total. The van der Waals surface area contributed by atoms with E-state index in [1.54, 1.807) is 0 Å². The molecule has 1 aliphatic heterocycles. The molecule has 4 nitrogen and oxygen atoms in total. The zero-order chi connectivity index (χ0) is 10.4. The quantitative estimate of drug-likeness (QED) is 0.710. The third kappa shape index (κ3) is 5.25. The average Bonchev–Trinajstić information content (AvgIpc) is 2.62. The fourth-order valence-electron chi connectivity index (χ4n) is 1.47. The Morgan fingerprint density at radius 1 is 1.33 bits per heavy atom. The Labute approximate surface area is 97.6 Å². The average molecular weight is 237 g/mol. The van der Waals surface area contributed by atoms with Gasteiger partial charge in [0.2, 0.25) is 0 Å². The molecule has 0 aromatic carbocycles. The highest BCUT2D eigenvalue weighted by molar-refractivity contribution is 5.85. The second-order valence-electron chi connectivity index (χ2n) is 3.71. The molecule has 1 aliphatic rings. The van der Waals surface area contributed by atoms with Gasteiger partial charge in [-0.15, -0.1) is 12.4 Å². The molecule has 0 aliphatic carbocycles. The molecule has 0 amide bonds. The predicted molar refractivity (Wildman–Crippen MR) is 62.7 cm³/mol. The van der Waals surface area contributed by atoms with Crippen LogP contribution in [0.5, 0.6) is 0 Å². The third-order valence-corrected chi connectivity index (χ3v) is 2.31. The summed E-state index contributed by atoms with van der Waals surface area (Å²) in [6.45, 7) is 4.41. The molecule has 0 radical (unpaired) electrons. The van der Waals surface area contributed by atoms with Gasteiger partial charge in [-0.2, -0.15) is 0 Å². The van der Waals surface area contributed by atoms with Crippen molar-refractivity contribution in [3.8, 4) is 0 Å². The summed E-state index contributed by atoms with van der Waals surface area (Å²) in [4.78, 5) is 4.23. The van der Waals surface area contributed by atoms with Crippen molar-refractivity contribution in [3.63, 3.8) is 0 Å². The first-order valence-corrected chi connectivity index (χ1v) is 5.21. The van der Waals surface area contributed by atoms with Gasteiger partial charge in [0.15, 0.2) is 0 Å². The monoisotopic (exact) mass is 236 g/mol. The highest BCUT2D eigenvalue weighted by Gasteiger charge is 2.14. The second-order valence-corrected chi connectivity index (χ2v) is 3.71. The molecule has 90 valence electrons. The molecule has 0 bridgehead atoms. The molecule has 1 unspecified atom stereocenters. The van der Waals surface area contributed by atoms with Crippen LogP contribution >= 0.6 is 12.4 Å². The van der Waals surface area contributed by atoms with Crippen LogP contribution in [0.4, 0.5) is 0 Å². The van der Waals surface area contributed by atoms with Crippen molar-refractivity contribution in [1.82, 2.24) is 9.80 Å². The minimum absolute atomic E-state index is 0. The van der Waals surface area contributed by atoms with Gasteiger partial charge >= 0.3 is 0 Å². The van der Waals surface area contributed by atoms with Crippen LogP contribution in [0.15, 0.2) is 12.4 Å². The highest BCUT2D eigenvalue weighted by atomic mass is 35.5. The summed E-state index contributed by atoms with van der Waals surface area (Å²) in [6, 6.07) is 0. The van der Waals surface area contributed by atoms with Crippen LogP contribution in [-0.2, 0) is 0 Å². The predicted octanol–water partition coefficient (Wildman–Crippen LogP) is 0.608. The first-order chi connectivity index (χ1) is 6.76. The van der Waals surface area contributed by atoms with E-state index in [4.69, 9.17) is 5.11 Å². The summed E-state index contributed by atoms with van der Waals surface area (Å²) in [6.07, 6.45) is 5.77. The molecule has 0 aromatic rings. The van der Waals surface area contributed by atoms with Crippen molar-refractivity contribution < 1.29 is 10.2 Å². The van der Waals surface area contributed by atoms with Gasteiger partial charge < -0.3 is 20.0 Å². The van der Waals surface area contributed by atoms with E-state index in [9.17, 15) is 5.11 Å². The van der Waals surface area contributed by atoms with E-state index in [1.807, 2.05) is 17.3 Å². The Hall–Kier alpha value is -0.450. The van der Waals surface area contributed by atoms with E-state index >= 15 is 0 Å². The SMILES string of the molecule is CCCCN1C=CN(CC(O)CO)C1.Cl. The van der Waals surface area contributed by atoms with Crippen molar-refractivity contribution in [1.29, 1.82) is 0 Å². The van der Waals surface area contributed by atoms with Crippen LogP contribution in [0.25, 0.3) is 0 Å². The maximum atomic E-state index is 9.24. The fourth-order valence-corrected chi connectivity index (χ4v) is 1.47. The Kier molecular flexibility index (Phi) is 7.56. The largest absolute Gasteiger partial charge is 0.394 e. The number of β-amino-alcohol motifs (C(OH)–C–C–N with tert-alkyl or cyclic N) is 1. The van der Waals surface area contributed by atoms with Crippen LogP contribution in [-0.4, -0.2) is 52.5 Å². The second kappa shape index (κ2) is 7.79. The van der Waals surface area contributed by atoms with Crippen molar-refractivity contribution in [2.45, 2.75) is 25.9 Å². The highest BCUT2D eigenvalue weighted by Crippen LogP contribution is 2.08. The standard InChI is InChI=1S/C10H20N2O2.ClH/c1-2-3-4-11-5-6-12(9-11)7-10(14)8-13;/h5-6,10,13-14H,2-4,7-9H2,1H3;1H. The topological polar surface area (TPSA) is 46.9 Å². The zero-order valence-corrected chi connectivity index (χ0v) is 9.99. The molecule has 1 rings (SSSR count). The zero-order valence-electron chi connectivity index (χ0n) is 9.17. The van der Waals surface area contributed by atoms with Gasteiger partial charge in [0.1, 0.15) is 0 Å². The molecule has 0 saturated heterocycles. The molecule has 5 heteroatoms. The molecule has 0 spiro atoms. The lowest BCUT2D eigenvalue weighted by molar-refractivity contribution is 0.0669. The van der Waals surface area contributed by atoms with Crippen molar-refractivity contribution in [3.05, 3.63) is 12.4 Å². The lowest BCUT2D eigenvalue weighted by Gasteiger charge is -2.22. The van der Waals surface area contributed by atoms with Gasteiger partial charge in [0.05, 0.1) is 19.4 Å². The first-order valence-electron chi connectivity index (χ1n) is 5.21. The normalized spacial score (nSPS) is 16.7. The van der Waals surface area contributed by atoms with Crippen molar-refractivity contribution >= 4 is 12.4 Å². The van der Waals surface area contributed by atoms with Gasteiger partial charge in [-0.25, -0.2) is 0 Å². The lowest BCUT2D eigenvalue weighted by Crippen LogP contribution is -2.33. The fraction of sp³-hybridized carbons (Fsp3) is 0.800. The summed E-state index contributed by atoms with van der Waals surface area (Å²) in [5.74, 6) is 0. The maximum Gasteiger partial charge on any atom is 0.0945 e. The van der Waals surface area contributed by atoms with Crippen LogP contribution < -0.4 is 0 Å². The molecule has 0 saturated carbocycles. The molecular formula is C10H21ClN2O2. The Balaban J connectivity index is 0.00000196. The molecular weight excluding hydrogens is 216 g/mol. The number of hydrogen-bond acceptors (Lipinski definition) is 4. The smallest absolute Gasteiger partial charge is 0.0945 e. The Bertz CT molecular complexity index is 190. The number of rotatable bonds is 6. The third-order valence-electron chi connectivity index (χ3n) is 2.31. The van der Waals surface area contributed by atoms with E-state index in [1.165, 1.54) is 12.8 Å². The van der Waals surface area contributed by atoms with Crippen molar-refractivity contribution in [2.75, 3.05) is 26.4 Å². The summed E-state index contributed by atoms with van der Waals surface area (Å²) in [5, 5.41) is 17.9. The van der Waals surface area contributed by atoms with E-state index in [-0.39, 0.29) is 19.0 Å².